The second kappa shape index (κ2) is 6.30. The van der Waals surface area contributed by atoms with E-state index >= 15 is 0 Å². The summed E-state index contributed by atoms with van der Waals surface area (Å²) in [5.41, 5.74) is 2.54. The van der Waals surface area contributed by atoms with Crippen LogP contribution in [0, 0.1) is 0 Å². The number of rotatable bonds is 3. The van der Waals surface area contributed by atoms with Crippen molar-refractivity contribution in [3.8, 4) is 11.3 Å². The third-order valence-electron chi connectivity index (χ3n) is 3.10. The van der Waals surface area contributed by atoms with Crippen molar-refractivity contribution in [2.75, 3.05) is 0 Å². The third kappa shape index (κ3) is 3.18. The van der Waals surface area contributed by atoms with Crippen LogP contribution in [0.2, 0.25) is 10.3 Å². The second-order valence-corrected chi connectivity index (χ2v) is 5.41. The van der Waals surface area contributed by atoms with E-state index in [4.69, 9.17) is 23.2 Å². The predicted octanol–water partition coefficient (Wildman–Crippen LogP) is 4.35. The van der Waals surface area contributed by atoms with Gasteiger partial charge >= 0.3 is 0 Å². The fourth-order valence-corrected chi connectivity index (χ4v) is 2.38. The lowest BCUT2D eigenvalue weighted by atomic mass is 10.2. The third-order valence-corrected chi connectivity index (χ3v) is 3.56. The highest BCUT2D eigenvalue weighted by Crippen LogP contribution is 2.20. The Morgan fingerprint density at radius 3 is 2.55 bits per heavy atom. The first-order chi connectivity index (χ1) is 10.6. The number of hydrogen-bond donors (Lipinski definition) is 0. The minimum absolute atomic E-state index is 0.265. The van der Waals surface area contributed by atoms with Crippen LogP contribution in [0.3, 0.4) is 0 Å². The Hall–Kier alpha value is -2.17. The van der Waals surface area contributed by atoms with E-state index in [1.165, 1.54) is 6.20 Å². The van der Waals surface area contributed by atoms with Gasteiger partial charge in [-0.1, -0.05) is 53.5 Å². The van der Waals surface area contributed by atoms with Gasteiger partial charge in [0.25, 0.3) is 0 Å². The maximum absolute atomic E-state index is 6.00. The van der Waals surface area contributed by atoms with Gasteiger partial charge in [0.15, 0.2) is 5.15 Å². The smallest absolute Gasteiger partial charge is 0.156 e. The molecule has 0 aliphatic heterocycles. The zero-order valence-electron chi connectivity index (χ0n) is 11.7. The average Bonchev–Trinajstić information content (AvgIpc) is 2.88. The Kier molecular flexibility index (Phi) is 4.22. The molecule has 0 unspecified atom stereocenters. The summed E-state index contributed by atoms with van der Waals surface area (Å²) in [5, 5.41) is 0.534. The summed E-state index contributed by atoms with van der Waals surface area (Å²) in [6, 6.07) is 10.0. The van der Waals surface area contributed by atoms with Gasteiger partial charge in [0.05, 0.1) is 11.9 Å². The van der Waals surface area contributed by atoms with Crippen molar-refractivity contribution in [2.45, 2.75) is 0 Å². The van der Waals surface area contributed by atoms with E-state index in [1.807, 2.05) is 54.2 Å². The van der Waals surface area contributed by atoms with Gasteiger partial charge < -0.3 is 4.57 Å². The quantitative estimate of drug-likeness (QED) is 0.716. The maximum atomic E-state index is 6.00. The lowest BCUT2D eigenvalue weighted by Crippen LogP contribution is -1.90. The van der Waals surface area contributed by atoms with E-state index in [0.29, 0.717) is 5.69 Å². The molecule has 0 saturated carbocycles. The number of halogens is 2. The van der Waals surface area contributed by atoms with Crippen molar-refractivity contribution in [2.24, 2.45) is 7.05 Å². The highest BCUT2D eigenvalue weighted by atomic mass is 35.5. The Labute approximate surface area is 138 Å². The largest absolute Gasteiger partial charge is 0.334 e. The Balaban J connectivity index is 1.90. The van der Waals surface area contributed by atoms with Crippen LogP contribution < -0.4 is 0 Å². The zero-order chi connectivity index (χ0) is 15.5. The summed E-state index contributed by atoms with van der Waals surface area (Å²) in [4.78, 5) is 12.7. The van der Waals surface area contributed by atoms with Crippen molar-refractivity contribution >= 4 is 35.4 Å². The number of hydrogen-bond acceptors (Lipinski definition) is 3. The summed E-state index contributed by atoms with van der Waals surface area (Å²) in [5.74, 6) is 0.798. The maximum Gasteiger partial charge on any atom is 0.156 e. The molecule has 3 aromatic rings. The molecule has 0 atom stereocenters. The second-order valence-electron chi connectivity index (χ2n) is 4.66. The number of aryl methyl sites for hydroxylation is 1. The minimum Gasteiger partial charge on any atom is -0.334 e. The Morgan fingerprint density at radius 2 is 1.82 bits per heavy atom. The number of nitrogens with zero attached hydrogens (tertiary/aromatic N) is 4. The van der Waals surface area contributed by atoms with Gasteiger partial charge in [-0.05, 0) is 12.2 Å². The lowest BCUT2D eigenvalue weighted by molar-refractivity contribution is 0.898. The molecule has 2 aromatic heterocycles. The molecule has 0 saturated heterocycles. The van der Waals surface area contributed by atoms with E-state index in [-0.39, 0.29) is 10.3 Å². The van der Waals surface area contributed by atoms with Gasteiger partial charge in [-0.2, -0.15) is 0 Å². The molecule has 0 N–H and O–H groups in total. The molecule has 4 nitrogen and oxygen atoms in total. The molecule has 1 aromatic carbocycles. The van der Waals surface area contributed by atoms with Gasteiger partial charge in [-0.25, -0.2) is 9.97 Å². The molecule has 0 spiro atoms. The monoisotopic (exact) mass is 330 g/mol. The molecule has 22 heavy (non-hydrogen) atoms. The Morgan fingerprint density at radius 1 is 1.05 bits per heavy atom. The van der Waals surface area contributed by atoms with Crippen LogP contribution in [-0.4, -0.2) is 19.5 Å². The fourth-order valence-electron chi connectivity index (χ4n) is 2.00. The topological polar surface area (TPSA) is 43.6 Å². The molecule has 0 aliphatic rings. The van der Waals surface area contributed by atoms with Crippen molar-refractivity contribution in [1.82, 2.24) is 19.5 Å². The molecule has 3 rings (SSSR count). The zero-order valence-corrected chi connectivity index (χ0v) is 13.3. The molecule has 0 bridgehead atoms. The highest BCUT2D eigenvalue weighted by molar-refractivity contribution is 6.33. The van der Waals surface area contributed by atoms with E-state index in [9.17, 15) is 0 Å². The number of benzene rings is 1. The van der Waals surface area contributed by atoms with Gasteiger partial charge in [0.2, 0.25) is 0 Å². The SMILES string of the molecule is Cn1cc(-c2ccccc2)nc1/C=C/c1ncc(Cl)nc1Cl. The Bertz CT molecular complexity index is 825. The first-order valence-electron chi connectivity index (χ1n) is 6.58. The molecule has 0 radical (unpaired) electrons. The van der Waals surface area contributed by atoms with Crippen molar-refractivity contribution in [3.63, 3.8) is 0 Å². The van der Waals surface area contributed by atoms with Crippen LogP contribution in [0.4, 0.5) is 0 Å². The van der Waals surface area contributed by atoms with E-state index in [1.54, 1.807) is 6.08 Å². The van der Waals surface area contributed by atoms with E-state index in [2.05, 4.69) is 15.0 Å². The first kappa shape index (κ1) is 14.8. The summed E-state index contributed by atoms with van der Waals surface area (Å²) < 4.78 is 1.94. The summed E-state index contributed by atoms with van der Waals surface area (Å²) in [6.45, 7) is 0. The summed E-state index contributed by atoms with van der Waals surface area (Å²) >= 11 is 11.7. The molecule has 0 fully saturated rings. The highest BCUT2D eigenvalue weighted by Gasteiger charge is 2.06. The average molecular weight is 331 g/mol. The lowest BCUT2D eigenvalue weighted by Gasteiger charge is -1.97. The molecule has 110 valence electrons. The molecule has 0 aliphatic carbocycles. The van der Waals surface area contributed by atoms with Gasteiger partial charge in [0, 0.05) is 18.8 Å². The van der Waals surface area contributed by atoms with Gasteiger partial charge in [-0.15, -0.1) is 0 Å². The van der Waals surface area contributed by atoms with Crippen LogP contribution in [0.25, 0.3) is 23.4 Å². The fraction of sp³-hybridized carbons (Fsp3) is 0.0625. The van der Waals surface area contributed by atoms with E-state index in [0.717, 1.165) is 17.1 Å². The van der Waals surface area contributed by atoms with Gasteiger partial charge in [0.1, 0.15) is 16.7 Å². The van der Waals surface area contributed by atoms with Gasteiger partial charge in [-0.3, -0.25) is 4.98 Å². The van der Waals surface area contributed by atoms with Crippen LogP contribution in [0.1, 0.15) is 11.5 Å². The number of aromatic nitrogens is 4. The molecule has 0 amide bonds. The predicted molar refractivity (Wildman–Crippen MR) is 89.6 cm³/mol. The van der Waals surface area contributed by atoms with Crippen LogP contribution >= 0.6 is 23.2 Å². The summed E-state index contributed by atoms with van der Waals surface area (Å²) in [7, 11) is 1.94. The first-order valence-corrected chi connectivity index (χ1v) is 7.34. The van der Waals surface area contributed by atoms with Crippen LogP contribution in [0.5, 0.6) is 0 Å². The normalized spacial score (nSPS) is 11.2. The molecule has 2 heterocycles. The molecule has 6 heteroatoms. The minimum atomic E-state index is 0.265. The van der Waals surface area contributed by atoms with E-state index < -0.39 is 0 Å². The molecular formula is C16H12Cl2N4. The van der Waals surface area contributed by atoms with Crippen molar-refractivity contribution < 1.29 is 0 Å². The molecular weight excluding hydrogens is 319 g/mol. The van der Waals surface area contributed by atoms with Crippen LogP contribution in [0.15, 0.2) is 42.7 Å². The number of imidazole rings is 1. The van der Waals surface area contributed by atoms with Crippen molar-refractivity contribution in [1.29, 1.82) is 0 Å². The summed E-state index contributed by atoms with van der Waals surface area (Å²) in [6.07, 6.45) is 7.05. The standard InChI is InChI=1S/C16H12Cl2N4/c1-22-10-13(11-5-3-2-4-6-11)20-15(22)8-7-12-16(18)21-14(17)9-19-12/h2-10H,1H3/b8-7+. The van der Waals surface area contributed by atoms with Crippen molar-refractivity contribution in [3.05, 3.63) is 64.6 Å². The van der Waals surface area contributed by atoms with Crippen LogP contribution in [-0.2, 0) is 7.05 Å².